The summed E-state index contributed by atoms with van der Waals surface area (Å²) in [5.41, 5.74) is -2.96. The fourth-order valence-electron chi connectivity index (χ4n) is 2.40. The molecule has 0 aromatic heterocycles. The number of carbonyl (C=O) groups excluding carboxylic acids is 3. The van der Waals surface area contributed by atoms with Crippen LogP contribution in [0.3, 0.4) is 0 Å². The summed E-state index contributed by atoms with van der Waals surface area (Å²) < 4.78 is 15.1. The summed E-state index contributed by atoms with van der Waals surface area (Å²) in [5.74, 6) is -1.92. The highest BCUT2D eigenvalue weighted by Crippen LogP contribution is 2.22. The molecule has 0 bridgehead atoms. The first kappa shape index (κ1) is 32.8. The van der Waals surface area contributed by atoms with Crippen molar-refractivity contribution < 1.29 is 58.4 Å². The van der Waals surface area contributed by atoms with Crippen molar-refractivity contribution >= 4 is 18.0 Å². The van der Waals surface area contributed by atoms with Gasteiger partial charge < -0.3 is 34.0 Å². The molecule has 1 unspecified atom stereocenters. The van der Waals surface area contributed by atoms with Gasteiger partial charge in [0.05, 0.1) is 11.5 Å². The third-order valence-electron chi connectivity index (χ3n) is 3.93. The van der Waals surface area contributed by atoms with Crippen molar-refractivity contribution in [2.75, 3.05) is 26.4 Å². The highest BCUT2D eigenvalue weighted by atomic mass is 17.0. The number of amides is 1. The Morgan fingerprint density at radius 3 is 1.68 bits per heavy atom. The van der Waals surface area contributed by atoms with Crippen LogP contribution in [0.15, 0.2) is 0 Å². The molecule has 19 heteroatoms. The molecule has 0 radical (unpaired) electrons. The zero-order valence-corrected chi connectivity index (χ0v) is 20.9. The highest BCUT2D eigenvalue weighted by Gasteiger charge is 2.37. The lowest BCUT2D eigenvalue weighted by Gasteiger charge is -2.30. The second kappa shape index (κ2) is 15.0. The van der Waals surface area contributed by atoms with Crippen molar-refractivity contribution in [3.63, 3.8) is 0 Å². The number of hydrogen-bond acceptors (Lipinski definition) is 15. The predicted octanol–water partition coefficient (Wildman–Crippen LogP) is 0.766. The van der Waals surface area contributed by atoms with E-state index in [1.165, 1.54) is 0 Å². The first-order valence-electron chi connectivity index (χ1n) is 10.6. The van der Waals surface area contributed by atoms with Crippen LogP contribution in [0.5, 0.6) is 0 Å². The van der Waals surface area contributed by atoms with Crippen molar-refractivity contribution in [1.82, 2.24) is 5.32 Å². The van der Waals surface area contributed by atoms with Crippen molar-refractivity contribution in [3.05, 3.63) is 30.3 Å². The molecule has 0 aliphatic rings. The molecule has 0 aliphatic heterocycles. The molecule has 212 valence electrons. The van der Waals surface area contributed by atoms with Crippen molar-refractivity contribution in [3.8, 4) is 0 Å². The van der Waals surface area contributed by atoms with Crippen LogP contribution in [-0.4, -0.2) is 77.5 Å². The van der Waals surface area contributed by atoms with Gasteiger partial charge in [-0.05, 0) is 41.0 Å². The Kier molecular flexibility index (Phi) is 13.3. The number of nitrogens with zero attached hydrogens (tertiary/aromatic N) is 3. The van der Waals surface area contributed by atoms with E-state index in [2.05, 4.69) is 19.8 Å². The van der Waals surface area contributed by atoms with Crippen molar-refractivity contribution in [1.29, 1.82) is 0 Å². The molecule has 0 rings (SSSR count). The van der Waals surface area contributed by atoms with E-state index in [0.717, 1.165) is 0 Å². The van der Waals surface area contributed by atoms with Gasteiger partial charge in [-0.3, -0.25) is 4.79 Å². The zero-order valence-electron chi connectivity index (χ0n) is 20.9. The molecule has 37 heavy (non-hydrogen) atoms. The molecule has 0 aliphatic carbocycles. The maximum atomic E-state index is 12.5. The van der Waals surface area contributed by atoms with Gasteiger partial charge in [-0.1, -0.05) is 0 Å². The van der Waals surface area contributed by atoms with Crippen LogP contribution < -0.4 is 5.32 Å². The summed E-state index contributed by atoms with van der Waals surface area (Å²) in [4.78, 5) is 81.0. The van der Waals surface area contributed by atoms with Crippen LogP contribution in [-0.2, 0) is 38.3 Å². The zero-order chi connectivity index (χ0) is 28.8. The Labute approximate surface area is 209 Å². The Hall–Kier alpha value is -4.19. The molecule has 0 aromatic rings. The van der Waals surface area contributed by atoms with E-state index >= 15 is 0 Å². The normalized spacial score (nSPS) is 12.1. The number of alkyl carbamates (subject to hydrolysis) is 1. The van der Waals surface area contributed by atoms with Gasteiger partial charge in [0.2, 0.25) is 0 Å². The average Bonchev–Trinajstić information content (AvgIpc) is 2.73. The molecule has 0 fully saturated rings. The van der Waals surface area contributed by atoms with Gasteiger partial charge in [0.1, 0.15) is 38.1 Å². The average molecular weight is 542 g/mol. The van der Waals surface area contributed by atoms with E-state index in [9.17, 15) is 44.7 Å². The number of carbonyl (C=O) groups is 3. The second-order valence-electron chi connectivity index (χ2n) is 8.87. The lowest BCUT2D eigenvalue weighted by Crippen LogP contribution is -2.45. The van der Waals surface area contributed by atoms with E-state index in [4.69, 9.17) is 14.2 Å². The summed E-state index contributed by atoms with van der Waals surface area (Å²) in [5, 5.41) is 30.2. The maximum absolute atomic E-state index is 12.5. The van der Waals surface area contributed by atoms with Gasteiger partial charge in [0, 0.05) is 6.42 Å². The monoisotopic (exact) mass is 542 g/mol. The van der Waals surface area contributed by atoms with Crippen LogP contribution in [0.1, 0.15) is 47.5 Å². The molecule has 1 atom stereocenters. The third-order valence-corrected chi connectivity index (χ3v) is 3.93. The number of ether oxygens (including phenoxy) is 3. The minimum absolute atomic E-state index is 0.337. The molecular weight excluding hydrogens is 512 g/mol. The Balaban J connectivity index is 5.44. The van der Waals surface area contributed by atoms with Crippen molar-refractivity contribution in [2.45, 2.75) is 65.2 Å². The van der Waals surface area contributed by atoms with Gasteiger partial charge in [0.15, 0.2) is 0 Å². The summed E-state index contributed by atoms with van der Waals surface area (Å²) in [6.07, 6.45) is -2.33. The van der Waals surface area contributed by atoms with Gasteiger partial charge in [-0.25, -0.2) is 9.59 Å². The van der Waals surface area contributed by atoms with Gasteiger partial charge >= 0.3 is 18.0 Å². The molecule has 0 aromatic carbocycles. The summed E-state index contributed by atoms with van der Waals surface area (Å²) in [7, 11) is 0. The first-order chi connectivity index (χ1) is 16.9. The topological polar surface area (TPSA) is 248 Å². The molecule has 19 nitrogen and oxygen atoms in total. The predicted molar refractivity (Wildman–Crippen MR) is 116 cm³/mol. The molecular formula is C18H30N4O15. The van der Waals surface area contributed by atoms with E-state index < -0.39 is 89.3 Å². The molecule has 0 saturated carbocycles. The quantitative estimate of drug-likeness (QED) is 0.115. The molecule has 0 saturated heterocycles. The molecule has 1 amide bonds. The summed E-state index contributed by atoms with van der Waals surface area (Å²) in [6, 6.07) is -1.34. The Morgan fingerprint density at radius 1 is 0.838 bits per heavy atom. The highest BCUT2D eigenvalue weighted by molar-refractivity contribution is 5.82. The van der Waals surface area contributed by atoms with E-state index in [1.54, 1.807) is 34.6 Å². The Morgan fingerprint density at radius 2 is 1.30 bits per heavy atom. The maximum Gasteiger partial charge on any atom is 0.408 e. The fraction of sp³-hybridized carbons (Fsp3) is 0.833. The fourth-order valence-corrected chi connectivity index (χ4v) is 2.40. The number of nitrogens with one attached hydrogen (secondary N) is 1. The first-order valence-corrected chi connectivity index (χ1v) is 10.6. The third kappa shape index (κ3) is 16.2. The van der Waals surface area contributed by atoms with E-state index in [-0.39, 0.29) is 6.42 Å². The second-order valence-corrected chi connectivity index (χ2v) is 8.87. The van der Waals surface area contributed by atoms with Crippen LogP contribution in [0.25, 0.3) is 0 Å². The van der Waals surface area contributed by atoms with Crippen LogP contribution in [0.4, 0.5) is 4.79 Å². The molecule has 0 heterocycles. The number of rotatable bonds is 17. The van der Waals surface area contributed by atoms with Crippen LogP contribution >= 0.6 is 0 Å². The number of hydrogen-bond donors (Lipinski definition) is 1. The standard InChI is InChI=1S/C18H30N4O15/c1-12(2)36-16(25)19-13(15(24)37-17(3,4)5)6-7-14(23)32-8-18(9-33-20(26)27,10-34-21(28)29)11-35-22(30)31/h12-13H,6-11H2,1-5H3,(H,19,25). The van der Waals surface area contributed by atoms with Gasteiger partial charge in [0.25, 0.3) is 15.3 Å². The summed E-state index contributed by atoms with van der Waals surface area (Å²) >= 11 is 0. The van der Waals surface area contributed by atoms with Gasteiger partial charge in [-0.15, -0.1) is 30.3 Å². The van der Waals surface area contributed by atoms with Crippen molar-refractivity contribution in [2.24, 2.45) is 5.41 Å². The molecule has 0 spiro atoms. The smallest absolute Gasteiger partial charge is 0.408 e. The molecule has 1 N–H and O–H groups in total. The van der Waals surface area contributed by atoms with Crippen LogP contribution in [0, 0.1) is 35.8 Å². The minimum Gasteiger partial charge on any atom is -0.465 e. The number of esters is 2. The lowest BCUT2D eigenvalue weighted by atomic mass is 9.92. The van der Waals surface area contributed by atoms with E-state index in [1.807, 2.05) is 0 Å². The summed E-state index contributed by atoms with van der Waals surface area (Å²) in [6.45, 7) is 3.88. The minimum atomic E-state index is -2.03. The SMILES string of the molecule is CC(C)OC(=O)NC(CCC(=O)OCC(CO[N+](=O)[O-])(CO[N+](=O)[O-])CO[N+](=O)[O-])C(=O)OC(C)(C)C. The van der Waals surface area contributed by atoms with E-state index in [0.29, 0.717) is 0 Å². The lowest BCUT2D eigenvalue weighted by molar-refractivity contribution is -0.782. The van der Waals surface area contributed by atoms with Crippen LogP contribution in [0.2, 0.25) is 0 Å². The Bertz CT molecular complexity index is 781. The van der Waals surface area contributed by atoms with Gasteiger partial charge in [-0.2, -0.15) is 0 Å². The largest absolute Gasteiger partial charge is 0.465 e.